The number of hydrogen-bond acceptors (Lipinski definition) is 4. The van der Waals surface area contributed by atoms with Crippen molar-refractivity contribution < 1.29 is 18.7 Å². The molecule has 5 nitrogen and oxygen atoms in total. The van der Waals surface area contributed by atoms with Crippen LogP contribution in [0, 0.1) is 5.82 Å². The number of nitrogens with zero attached hydrogens (tertiary/aromatic N) is 2. The lowest BCUT2D eigenvalue weighted by Gasteiger charge is -2.51. The summed E-state index contributed by atoms with van der Waals surface area (Å²) in [7, 11) is 0. The second-order valence-electron chi connectivity index (χ2n) is 7.86. The Hall–Kier alpha value is -1.50. The van der Waals surface area contributed by atoms with E-state index in [2.05, 4.69) is 4.90 Å². The SMILES string of the molecule is CCN(C(=O)Cc1cccc(F)c1)C1CCC2(CC1N1CCC1)OCCO2. The number of amides is 1. The molecule has 0 bridgehead atoms. The molecule has 148 valence electrons. The molecule has 27 heavy (non-hydrogen) atoms. The van der Waals surface area contributed by atoms with Crippen LogP contribution in [-0.4, -0.2) is 66.4 Å². The third kappa shape index (κ3) is 3.89. The van der Waals surface area contributed by atoms with Gasteiger partial charge in [-0.3, -0.25) is 9.69 Å². The summed E-state index contributed by atoms with van der Waals surface area (Å²) in [6.45, 7) is 6.17. The van der Waals surface area contributed by atoms with Gasteiger partial charge in [0.2, 0.25) is 5.91 Å². The highest BCUT2D eigenvalue weighted by Crippen LogP contribution is 2.40. The molecule has 2 aliphatic heterocycles. The summed E-state index contributed by atoms with van der Waals surface area (Å²) in [5, 5.41) is 0. The van der Waals surface area contributed by atoms with Crippen molar-refractivity contribution in [1.82, 2.24) is 9.80 Å². The number of likely N-dealkylation sites (tertiary alicyclic amines) is 1. The van der Waals surface area contributed by atoms with E-state index in [0.717, 1.165) is 37.9 Å². The molecule has 1 aromatic rings. The van der Waals surface area contributed by atoms with Crippen LogP contribution in [0.15, 0.2) is 24.3 Å². The smallest absolute Gasteiger partial charge is 0.227 e. The molecule has 2 atom stereocenters. The third-order valence-corrected chi connectivity index (χ3v) is 6.26. The number of hydrogen-bond donors (Lipinski definition) is 0. The molecular formula is C21H29FN2O3. The van der Waals surface area contributed by atoms with Gasteiger partial charge in [0, 0.05) is 31.5 Å². The number of benzene rings is 1. The van der Waals surface area contributed by atoms with Crippen LogP contribution in [-0.2, 0) is 20.7 Å². The fourth-order valence-electron chi connectivity index (χ4n) is 4.80. The number of rotatable bonds is 5. The second kappa shape index (κ2) is 7.86. The molecule has 2 unspecified atom stereocenters. The Balaban J connectivity index is 1.50. The Labute approximate surface area is 160 Å². The van der Waals surface area contributed by atoms with Gasteiger partial charge in [-0.15, -0.1) is 0 Å². The third-order valence-electron chi connectivity index (χ3n) is 6.26. The molecule has 3 aliphatic rings. The van der Waals surface area contributed by atoms with E-state index in [9.17, 15) is 9.18 Å². The maximum absolute atomic E-state index is 13.5. The average Bonchev–Trinajstić information content (AvgIpc) is 3.04. The minimum atomic E-state index is -0.457. The van der Waals surface area contributed by atoms with E-state index in [1.807, 2.05) is 17.9 Å². The summed E-state index contributed by atoms with van der Waals surface area (Å²) < 4.78 is 25.4. The van der Waals surface area contributed by atoms with E-state index in [1.165, 1.54) is 18.6 Å². The number of carbonyl (C=O) groups excluding carboxylic acids is 1. The van der Waals surface area contributed by atoms with E-state index < -0.39 is 5.79 Å². The molecule has 1 saturated carbocycles. The van der Waals surface area contributed by atoms with Gasteiger partial charge in [0.25, 0.3) is 0 Å². The largest absolute Gasteiger partial charge is 0.347 e. The van der Waals surface area contributed by atoms with Gasteiger partial charge in [-0.25, -0.2) is 4.39 Å². The van der Waals surface area contributed by atoms with Crippen LogP contribution in [0.4, 0.5) is 4.39 Å². The van der Waals surface area contributed by atoms with Crippen LogP contribution in [0.5, 0.6) is 0 Å². The highest BCUT2D eigenvalue weighted by Gasteiger charge is 2.49. The number of halogens is 1. The summed E-state index contributed by atoms with van der Waals surface area (Å²) in [5.41, 5.74) is 0.730. The van der Waals surface area contributed by atoms with Gasteiger partial charge >= 0.3 is 0 Å². The Kier molecular flexibility index (Phi) is 5.48. The van der Waals surface area contributed by atoms with Crippen LogP contribution in [0.2, 0.25) is 0 Å². The van der Waals surface area contributed by atoms with E-state index >= 15 is 0 Å². The zero-order valence-electron chi connectivity index (χ0n) is 16.0. The van der Waals surface area contributed by atoms with Crippen molar-refractivity contribution in [1.29, 1.82) is 0 Å². The molecule has 2 heterocycles. The van der Waals surface area contributed by atoms with Crippen LogP contribution in [0.25, 0.3) is 0 Å². The lowest BCUT2D eigenvalue weighted by molar-refractivity contribution is -0.203. The maximum Gasteiger partial charge on any atom is 0.227 e. The Bertz CT molecular complexity index is 673. The van der Waals surface area contributed by atoms with Crippen molar-refractivity contribution in [2.45, 2.75) is 56.9 Å². The van der Waals surface area contributed by atoms with Crippen molar-refractivity contribution in [3.63, 3.8) is 0 Å². The molecule has 2 saturated heterocycles. The van der Waals surface area contributed by atoms with E-state index in [1.54, 1.807) is 6.07 Å². The molecule has 3 fully saturated rings. The van der Waals surface area contributed by atoms with Crippen LogP contribution < -0.4 is 0 Å². The molecule has 0 aromatic heterocycles. The summed E-state index contributed by atoms with van der Waals surface area (Å²) in [4.78, 5) is 17.5. The van der Waals surface area contributed by atoms with E-state index in [4.69, 9.17) is 9.47 Å². The summed E-state index contributed by atoms with van der Waals surface area (Å²) in [6.07, 6.45) is 3.98. The normalized spacial score (nSPS) is 27.5. The fourth-order valence-corrected chi connectivity index (χ4v) is 4.80. The molecule has 1 amide bonds. The Morgan fingerprint density at radius 2 is 2.11 bits per heavy atom. The minimum absolute atomic E-state index is 0.0721. The molecule has 1 spiro atoms. The summed E-state index contributed by atoms with van der Waals surface area (Å²) in [5.74, 6) is -0.679. The number of ether oxygens (including phenoxy) is 2. The quantitative estimate of drug-likeness (QED) is 0.792. The van der Waals surface area contributed by atoms with Gasteiger partial charge in [-0.2, -0.15) is 0 Å². The molecule has 0 radical (unpaired) electrons. The predicted octanol–water partition coefficient (Wildman–Crippen LogP) is 2.59. The van der Waals surface area contributed by atoms with Gasteiger partial charge in [0.15, 0.2) is 5.79 Å². The molecule has 1 aromatic carbocycles. The first-order valence-electron chi connectivity index (χ1n) is 10.2. The van der Waals surface area contributed by atoms with Crippen LogP contribution in [0.1, 0.15) is 38.2 Å². The zero-order chi connectivity index (χ0) is 18.9. The van der Waals surface area contributed by atoms with Crippen molar-refractivity contribution in [2.75, 3.05) is 32.8 Å². The van der Waals surface area contributed by atoms with Crippen molar-refractivity contribution in [3.05, 3.63) is 35.6 Å². The van der Waals surface area contributed by atoms with Crippen molar-refractivity contribution >= 4 is 5.91 Å². The van der Waals surface area contributed by atoms with Crippen molar-refractivity contribution in [3.8, 4) is 0 Å². The summed E-state index contributed by atoms with van der Waals surface area (Å²) >= 11 is 0. The van der Waals surface area contributed by atoms with Gasteiger partial charge < -0.3 is 14.4 Å². The highest BCUT2D eigenvalue weighted by atomic mass is 19.1. The first-order valence-corrected chi connectivity index (χ1v) is 10.2. The van der Waals surface area contributed by atoms with Gasteiger partial charge in [-0.1, -0.05) is 12.1 Å². The minimum Gasteiger partial charge on any atom is -0.347 e. The number of likely N-dealkylation sites (N-methyl/N-ethyl adjacent to an activating group) is 1. The maximum atomic E-state index is 13.5. The molecule has 1 aliphatic carbocycles. The van der Waals surface area contributed by atoms with Gasteiger partial charge in [-0.05, 0) is 50.6 Å². The lowest BCUT2D eigenvalue weighted by atomic mass is 9.82. The van der Waals surface area contributed by atoms with Crippen LogP contribution in [0.3, 0.4) is 0 Å². The monoisotopic (exact) mass is 376 g/mol. The number of carbonyl (C=O) groups is 1. The zero-order valence-corrected chi connectivity index (χ0v) is 16.0. The predicted molar refractivity (Wildman–Crippen MR) is 99.7 cm³/mol. The Morgan fingerprint density at radius 1 is 1.33 bits per heavy atom. The topological polar surface area (TPSA) is 42.0 Å². The molecule has 6 heteroatoms. The molecule has 4 rings (SSSR count). The van der Waals surface area contributed by atoms with Gasteiger partial charge in [0.05, 0.1) is 19.6 Å². The van der Waals surface area contributed by atoms with E-state index in [0.29, 0.717) is 19.8 Å². The second-order valence-corrected chi connectivity index (χ2v) is 7.86. The lowest BCUT2D eigenvalue weighted by Crippen LogP contribution is -2.62. The fraction of sp³-hybridized carbons (Fsp3) is 0.667. The van der Waals surface area contributed by atoms with Gasteiger partial charge in [0.1, 0.15) is 5.82 Å². The average molecular weight is 376 g/mol. The molecular weight excluding hydrogens is 347 g/mol. The highest BCUT2D eigenvalue weighted by molar-refractivity contribution is 5.79. The first-order chi connectivity index (χ1) is 13.1. The Morgan fingerprint density at radius 3 is 2.74 bits per heavy atom. The standard InChI is InChI=1S/C21H29FN2O3/c1-2-24(20(25)14-16-5-3-6-17(22)13-16)18-7-8-21(26-11-12-27-21)15-19(18)23-9-4-10-23/h3,5-6,13,18-19H,2,4,7-12,14-15H2,1H3. The molecule has 0 N–H and O–H groups in total. The van der Waals surface area contributed by atoms with Crippen LogP contribution >= 0.6 is 0 Å². The first kappa shape index (κ1) is 18.8. The van der Waals surface area contributed by atoms with Crippen molar-refractivity contribution in [2.24, 2.45) is 0 Å². The van der Waals surface area contributed by atoms with E-state index in [-0.39, 0.29) is 30.2 Å². The summed E-state index contributed by atoms with van der Waals surface area (Å²) in [6, 6.07) is 6.77.